The van der Waals surface area contributed by atoms with E-state index in [4.69, 9.17) is 9.05 Å². The lowest BCUT2D eigenvalue weighted by molar-refractivity contribution is 0.235. The molecule has 0 fully saturated rings. The van der Waals surface area contributed by atoms with Gasteiger partial charge in [0.1, 0.15) is 13.2 Å². The molecule has 0 aliphatic carbocycles. The molecule has 0 saturated carbocycles. The highest BCUT2D eigenvalue weighted by molar-refractivity contribution is 7.33. The van der Waals surface area contributed by atoms with Crippen LogP contribution in [-0.4, -0.2) is 38.7 Å². The van der Waals surface area contributed by atoms with E-state index in [9.17, 15) is 4.57 Å². The first kappa shape index (κ1) is 13.4. The van der Waals surface area contributed by atoms with E-state index in [-0.39, 0.29) is 0 Å². The van der Waals surface area contributed by atoms with Gasteiger partial charge in [-0.3, -0.25) is 9.98 Å². The van der Waals surface area contributed by atoms with Crippen molar-refractivity contribution in [2.45, 2.75) is 13.8 Å². The third kappa shape index (κ3) is 9.45. The lowest BCUT2D eigenvalue weighted by Gasteiger charge is -1.88. The van der Waals surface area contributed by atoms with Gasteiger partial charge in [-0.15, -0.1) is 9.05 Å². The molecule has 0 aromatic carbocycles. The summed E-state index contributed by atoms with van der Waals surface area (Å²) in [5.74, 6) is 0. The van der Waals surface area contributed by atoms with Crippen LogP contribution in [0.15, 0.2) is 9.98 Å². The smallest absolute Gasteiger partial charge is 0.295 e. The van der Waals surface area contributed by atoms with Gasteiger partial charge in [-0.2, -0.15) is 0 Å². The molecule has 0 bridgehead atoms. The summed E-state index contributed by atoms with van der Waals surface area (Å²) in [5, 5.41) is 0. The predicted octanol–water partition coefficient (Wildman–Crippen LogP) is 1.86. The molecule has 0 radical (unpaired) electrons. The summed E-state index contributed by atoms with van der Waals surface area (Å²) in [6.07, 6.45) is 3.35. The first-order valence-corrected chi connectivity index (χ1v) is 5.52. The van der Waals surface area contributed by atoms with Crippen LogP contribution in [0.3, 0.4) is 0 Å². The molecule has 0 unspecified atom stereocenters. The Bertz CT molecular complexity index is 187. The topological polar surface area (TPSA) is 60.2 Å². The fourth-order valence-corrected chi connectivity index (χ4v) is 1.17. The Balaban J connectivity index is 3.28. The van der Waals surface area contributed by atoms with E-state index in [1.165, 1.54) is 0 Å². The summed E-state index contributed by atoms with van der Waals surface area (Å²) in [4.78, 5) is 7.79. The number of hydrogen-bond acceptors (Lipinski definition) is 5. The van der Waals surface area contributed by atoms with Crippen LogP contribution in [0, 0.1) is 0 Å². The molecule has 0 aromatic rings. The fraction of sp³-hybridized carbons (Fsp3) is 0.750. The first-order chi connectivity index (χ1) is 6.81. The van der Waals surface area contributed by atoms with Crippen molar-refractivity contribution in [3.8, 4) is 0 Å². The van der Waals surface area contributed by atoms with Crippen molar-refractivity contribution in [3.63, 3.8) is 0 Å². The van der Waals surface area contributed by atoms with Crippen LogP contribution in [0.25, 0.3) is 0 Å². The Kier molecular flexibility index (Phi) is 9.96. The monoisotopic (exact) mass is 219 g/mol. The molecule has 0 atom stereocenters. The van der Waals surface area contributed by atoms with Gasteiger partial charge in [0.2, 0.25) is 0 Å². The zero-order chi connectivity index (χ0) is 10.6. The lowest BCUT2D eigenvalue weighted by atomic mass is 10.7. The van der Waals surface area contributed by atoms with E-state index in [2.05, 4.69) is 9.98 Å². The number of nitrogens with zero attached hydrogens (tertiary/aromatic N) is 2. The zero-order valence-corrected chi connectivity index (χ0v) is 9.44. The molecule has 0 saturated heterocycles. The van der Waals surface area contributed by atoms with Crippen molar-refractivity contribution in [1.82, 2.24) is 0 Å². The van der Waals surface area contributed by atoms with Crippen LogP contribution in [0.2, 0.25) is 0 Å². The van der Waals surface area contributed by atoms with E-state index in [1.54, 1.807) is 12.4 Å². The second-order valence-corrected chi connectivity index (χ2v) is 3.18. The molecule has 0 aromatic heterocycles. The Morgan fingerprint density at radius 2 is 1.50 bits per heavy atom. The van der Waals surface area contributed by atoms with Crippen molar-refractivity contribution in [3.05, 3.63) is 0 Å². The highest BCUT2D eigenvalue weighted by Crippen LogP contribution is 2.22. The highest BCUT2D eigenvalue weighted by atomic mass is 31.1. The third-order valence-corrected chi connectivity index (χ3v) is 1.99. The molecule has 0 amide bonds. The minimum absolute atomic E-state index is 0.316. The Morgan fingerprint density at radius 1 is 1.07 bits per heavy atom. The average molecular weight is 219 g/mol. The third-order valence-electron chi connectivity index (χ3n) is 1.20. The summed E-state index contributed by atoms with van der Waals surface area (Å²) >= 11 is 0. The zero-order valence-electron chi connectivity index (χ0n) is 8.55. The second-order valence-electron chi connectivity index (χ2n) is 2.22. The lowest BCUT2D eigenvalue weighted by Crippen LogP contribution is -1.96. The van der Waals surface area contributed by atoms with Crippen LogP contribution >= 0.6 is 8.25 Å². The van der Waals surface area contributed by atoms with Gasteiger partial charge in [0.15, 0.2) is 0 Å². The molecule has 6 heteroatoms. The van der Waals surface area contributed by atoms with E-state index in [0.29, 0.717) is 26.3 Å². The second kappa shape index (κ2) is 10.4. The van der Waals surface area contributed by atoms with E-state index in [0.717, 1.165) is 0 Å². The molecule has 0 spiro atoms. The van der Waals surface area contributed by atoms with Crippen LogP contribution in [0.1, 0.15) is 13.8 Å². The maximum Gasteiger partial charge on any atom is 0.697 e. The van der Waals surface area contributed by atoms with Crippen molar-refractivity contribution in [2.75, 3.05) is 26.3 Å². The largest absolute Gasteiger partial charge is 0.697 e. The number of aliphatic imine (C=N–C) groups is 2. The van der Waals surface area contributed by atoms with Crippen LogP contribution in [0.4, 0.5) is 0 Å². The summed E-state index contributed by atoms with van der Waals surface area (Å²) in [5.41, 5.74) is 0. The van der Waals surface area contributed by atoms with Gasteiger partial charge >= 0.3 is 8.25 Å². The van der Waals surface area contributed by atoms with Crippen molar-refractivity contribution >= 4 is 20.7 Å². The fourth-order valence-electron chi connectivity index (χ4n) is 0.632. The summed E-state index contributed by atoms with van der Waals surface area (Å²) in [7, 11) is -2.01. The van der Waals surface area contributed by atoms with Crippen LogP contribution in [-0.2, 0) is 13.6 Å². The summed E-state index contributed by atoms with van der Waals surface area (Å²) in [6, 6.07) is 0. The van der Waals surface area contributed by atoms with Gasteiger partial charge in [-0.25, -0.2) is 0 Å². The highest BCUT2D eigenvalue weighted by Gasteiger charge is 2.18. The van der Waals surface area contributed by atoms with Crippen molar-refractivity contribution < 1.29 is 13.6 Å². The quantitative estimate of drug-likeness (QED) is 0.355. The van der Waals surface area contributed by atoms with Gasteiger partial charge < -0.3 is 0 Å². The van der Waals surface area contributed by atoms with Crippen molar-refractivity contribution in [1.29, 1.82) is 0 Å². The molecule has 0 N–H and O–H groups in total. The normalized spacial score (nSPS) is 12.9. The first-order valence-electron chi connectivity index (χ1n) is 4.43. The minimum Gasteiger partial charge on any atom is -0.295 e. The number of rotatable bonds is 8. The molecule has 80 valence electrons. The van der Waals surface area contributed by atoms with E-state index in [1.807, 2.05) is 13.8 Å². The van der Waals surface area contributed by atoms with Crippen LogP contribution < -0.4 is 0 Å². The molecule has 0 aliphatic heterocycles. The SMILES string of the molecule is CC=NCCO[P+](=O)OCCN=CC. The van der Waals surface area contributed by atoms with E-state index < -0.39 is 8.25 Å². The van der Waals surface area contributed by atoms with Crippen molar-refractivity contribution in [2.24, 2.45) is 9.98 Å². The molecule has 5 nitrogen and oxygen atoms in total. The van der Waals surface area contributed by atoms with Gasteiger partial charge in [0, 0.05) is 4.57 Å². The standard InChI is InChI=1S/C8H16N2O3P/c1-3-9-5-7-12-14(11)13-8-6-10-4-2/h3-4H,5-8H2,1-2H3/q+1. The van der Waals surface area contributed by atoms with Gasteiger partial charge in [-0.05, 0) is 26.3 Å². The van der Waals surface area contributed by atoms with Gasteiger partial charge in [0.25, 0.3) is 0 Å². The maximum absolute atomic E-state index is 11.0. The molecule has 0 aliphatic rings. The van der Waals surface area contributed by atoms with E-state index >= 15 is 0 Å². The Morgan fingerprint density at radius 3 is 1.86 bits per heavy atom. The molecular weight excluding hydrogens is 203 g/mol. The maximum atomic E-state index is 11.0. The predicted molar refractivity (Wildman–Crippen MR) is 57.6 cm³/mol. The number of hydrogen-bond donors (Lipinski definition) is 0. The summed E-state index contributed by atoms with van der Waals surface area (Å²) in [6.45, 7) is 5.29. The Hall–Kier alpha value is -0.640. The van der Waals surface area contributed by atoms with Gasteiger partial charge in [0.05, 0.1) is 13.1 Å². The average Bonchev–Trinajstić information content (AvgIpc) is 2.19. The molecule has 14 heavy (non-hydrogen) atoms. The summed E-state index contributed by atoms with van der Waals surface area (Å²) < 4.78 is 20.7. The molecule has 0 rings (SSSR count). The van der Waals surface area contributed by atoms with Gasteiger partial charge in [-0.1, -0.05) is 0 Å². The van der Waals surface area contributed by atoms with Crippen LogP contribution in [0.5, 0.6) is 0 Å². The molecule has 0 heterocycles. The minimum atomic E-state index is -2.01. The Labute approximate surface area is 85.2 Å². The molecular formula is C8H16N2O3P+.